The van der Waals surface area contributed by atoms with Crippen molar-refractivity contribution in [1.82, 2.24) is 0 Å². The number of carbonyl (C=O) groups excluding carboxylic acids is 4. The third-order valence-corrected chi connectivity index (χ3v) is 19.6. The highest BCUT2D eigenvalue weighted by Crippen LogP contribution is 2.45. The number of allylic oxidation sites excluding steroid dienone is 12. The van der Waals surface area contributed by atoms with Gasteiger partial charge >= 0.3 is 39.5 Å². The average Bonchev–Trinajstić information content (AvgIpc) is 0.923. The van der Waals surface area contributed by atoms with Gasteiger partial charge in [-0.1, -0.05) is 306 Å². The number of aliphatic hydroxyl groups excluding tert-OH is 1. The molecule has 0 saturated carbocycles. The number of phosphoric acid groups is 2. The fourth-order valence-corrected chi connectivity index (χ4v) is 13.0. The van der Waals surface area contributed by atoms with Gasteiger partial charge in [0.15, 0.2) is 12.2 Å². The monoisotopic (exact) mass is 1480 g/mol. The lowest BCUT2D eigenvalue weighted by Gasteiger charge is -2.21. The van der Waals surface area contributed by atoms with E-state index in [1.54, 1.807) is 0 Å². The molecule has 0 bridgehead atoms. The fourth-order valence-electron chi connectivity index (χ4n) is 11.4. The molecule has 0 heterocycles. The Balaban J connectivity index is 5.36. The molecule has 0 radical (unpaired) electrons. The molecule has 0 aliphatic heterocycles. The molecule has 0 aliphatic carbocycles. The Bertz CT molecular complexity index is 2210. The number of aliphatic hydroxyl groups is 1. The van der Waals surface area contributed by atoms with Crippen LogP contribution in [-0.2, 0) is 65.4 Å². The summed E-state index contributed by atoms with van der Waals surface area (Å²) in [6, 6.07) is 0. The second-order valence-electron chi connectivity index (χ2n) is 27.7. The summed E-state index contributed by atoms with van der Waals surface area (Å²) in [6.07, 6.45) is 77.2. The molecule has 0 aromatic rings. The van der Waals surface area contributed by atoms with E-state index in [-0.39, 0.29) is 25.7 Å². The lowest BCUT2D eigenvalue weighted by atomic mass is 10.0. The zero-order chi connectivity index (χ0) is 74.6. The predicted molar refractivity (Wildman–Crippen MR) is 418 cm³/mol. The molecule has 594 valence electrons. The first-order valence-corrected chi connectivity index (χ1v) is 44.2. The highest BCUT2D eigenvalue weighted by molar-refractivity contribution is 7.47. The molecule has 5 atom stereocenters. The molecule has 0 aromatic heterocycles. The number of hydrogen-bond donors (Lipinski definition) is 3. The number of phosphoric ester groups is 2. The summed E-state index contributed by atoms with van der Waals surface area (Å²) in [6.45, 7) is 4.79. The van der Waals surface area contributed by atoms with Crippen LogP contribution in [0.15, 0.2) is 72.9 Å². The molecular formula is C83H150O17P2. The minimum absolute atomic E-state index is 0.0869. The van der Waals surface area contributed by atoms with Gasteiger partial charge < -0.3 is 33.8 Å². The van der Waals surface area contributed by atoms with Crippen LogP contribution in [0.4, 0.5) is 0 Å². The number of ether oxygens (including phenoxy) is 4. The van der Waals surface area contributed by atoms with Gasteiger partial charge in [-0.15, -0.1) is 0 Å². The second kappa shape index (κ2) is 75.7. The average molecular weight is 1480 g/mol. The van der Waals surface area contributed by atoms with Gasteiger partial charge in [-0.05, 0) is 116 Å². The van der Waals surface area contributed by atoms with Crippen molar-refractivity contribution in [2.24, 2.45) is 0 Å². The summed E-state index contributed by atoms with van der Waals surface area (Å²) in [5.74, 6) is -2.19. The summed E-state index contributed by atoms with van der Waals surface area (Å²) in [5, 5.41) is 10.6. The first-order valence-electron chi connectivity index (χ1n) is 41.2. The fraction of sp³-hybridized carbons (Fsp3) is 0.807. The lowest BCUT2D eigenvalue weighted by Crippen LogP contribution is -2.30. The van der Waals surface area contributed by atoms with Crippen LogP contribution in [0, 0.1) is 0 Å². The lowest BCUT2D eigenvalue weighted by molar-refractivity contribution is -0.161. The van der Waals surface area contributed by atoms with Gasteiger partial charge in [-0.25, -0.2) is 9.13 Å². The first kappa shape index (κ1) is 98.5. The van der Waals surface area contributed by atoms with E-state index < -0.39 is 97.5 Å². The van der Waals surface area contributed by atoms with Crippen LogP contribution >= 0.6 is 15.6 Å². The van der Waals surface area contributed by atoms with Crippen molar-refractivity contribution in [2.45, 2.75) is 393 Å². The van der Waals surface area contributed by atoms with Gasteiger partial charge in [-0.2, -0.15) is 0 Å². The van der Waals surface area contributed by atoms with Crippen LogP contribution in [0.1, 0.15) is 374 Å². The quantitative estimate of drug-likeness (QED) is 0.0169. The van der Waals surface area contributed by atoms with E-state index in [2.05, 4.69) is 101 Å². The van der Waals surface area contributed by atoms with Gasteiger partial charge in [0.2, 0.25) is 0 Å². The maximum Gasteiger partial charge on any atom is 0.472 e. The SMILES string of the molecule is CC/C=C\C/C=C\C/C=C\C/C=C\CCCCCCC(=O)OCC(COP(=O)(O)OCC(O)COP(=O)(O)OCC(COC(=O)CCCCCCC/C=C\CCCCCCCC)OC(=O)CCCCCCC/C=C\CCCCCCCC)OC(=O)CCCCCCCCCCCCCCCCC. The van der Waals surface area contributed by atoms with Crippen LogP contribution in [0.25, 0.3) is 0 Å². The number of esters is 4. The van der Waals surface area contributed by atoms with E-state index in [4.69, 9.17) is 37.0 Å². The van der Waals surface area contributed by atoms with Gasteiger partial charge in [0, 0.05) is 25.7 Å². The van der Waals surface area contributed by atoms with Crippen LogP contribution in [0.2, 0.25) is 0 Å². The highest BCUT2D eigenvalue weighted by Gasteiger charge is 2.30. The summed E-state index contributed by atoms with van der Waals surface area (Å²) >= 11 is 0. The maximum absolute atomic E-state index is 13.1. The molecule has 17 nitrogen and oxygen atoms in total. The first-order chi connectivity index (χ1) is 49.7. The number of unbranched alkanes of at least 4 members (excludes halogenated alkanes) is 40. The van der Waals surface area contributed by atoms with E-state index in [0.29, 0.717) is 25.7 Å². The van der Waals surface area contributed by atoms with Gasteiger partial charge in [0.25, 0.3) is 0 Å². The van der Waals surface area contributed by atoms with Crippen molar-refractivity contribution >= 4 is 39.5 Å². The third-order valence-electron chi connectivity index (χ3n) is 17.7. The molecular weight excluding hydrogens is 1330 g/mol. The molecule has 0 spiro atoms. The van der Waals surface area contributed by atoms with Crippen molar-refractivity contribution < 1.29 is 80.2 Å². The van der Waals surface area contributed by atoms with E-state index in [0.717, 1.165) is 154 Å². The van der Waals surface area contributed by atoms with Crippen LogP contribution in [0.5, 0.6) is 0 Å². The summed E-state index contributed by atoms with van der Waals surface area (Å²) < 4.78 is 68.7. The smallest absolute Gasteiger partial charge is 0.462 e. The molecule has 0 aromatic carbocycles. The Labute approximate surface area is 622 Å². The Kier molecular flexibility index (Phi) is 73.1. The van der Waals surface area contributed by atoms with Crippen LogP contribution in [-0.4, -0.2) is 96.7 Å². The molecule has 5 unspecified atom stereocenters. The normalized spacial score (nSPS) is 14.2. The molecule has 0 fully saturated rings. The largest absolute Gasteiger partial charge is 0.472 e. The van der Waals surface area contributed by atoms with Crippen molar-refractivity contribution in [3.63, 3.8) is 0 Å². The van der Waals surface area contributed by atoms with Gasteiger partial charge in [-0.3, -0.25) is 37.3 Å². The molecule has 0 saturated heterocycles. The zero-order valence-corrected chi connectivity index (χ0v) is 66.8. The van der Waals surface area contributed by atoms with E-state index in [9.17, 15) is 43.2 Å². The Hall–Kier alpha value is -3.50. The minimum Gasteiger partial charge on any atom is -0.462 e. The number of hydrogen-bond acceptors (Lipinski definition) is 15. The molecule has 3 N–H and O–H groups in total. The van der Waals surface area contributed by atoms with Gasteiger partial charge in [0.1, 0.15) is 19.3 Å². The molecule has 0 aliphatic rings. The zero-order valence-electron chi connectivity index (χ0n) is 65.0. The summed E-state index contributed by atoms with van der Waals surface area (Å²) in [5.41, 5.74) is 0. The minimum atomic E-state index is -4.98. The molecule has 102 heavy (non-hydrogen) atoms. The van der Waals surface area contributed by atoms with Crippen LogP contribution < -0.4 is 0 Å². The van der Waals surface area contributed by atoms with Crippen molar-refractivity contribution in [3.8, 4) is 0 Å². The molecule has 0 amide bonds. The van der Waals surface area contributed by atoms with E-state index in [1.807, 2.05) is 0 Å². The Morgan fingerprint density at radius 1 is 0.284 bits per heavy atom. The number of carbonyl (C=O) groups is 4. The standard InChI is InChI=1S/C83H150O17P2/c1-5-9-13-17-21-25-29-33-37-38-42-44-48-52-56-60-64-68-81(86)94-74-79(100-83(88)70-66-62-58-54-50-46-41-36-32-28-24-20-16-12-8-4)76-98-102(91,92)96-72-77(84)71-95-101(89,90)97-75-78(99-82(87)69-65-61-57-53-49-45-40-35-31-27-23-19-15-11-7-3)73-93-80(85)67-63-59-55-51-47-43-39-34-30-26-22-18-14-10-6-2/h9,13,21,25,33-35,37,39-40,42,44,77-79,84H,5-8,10-12,14-20,22-24,26-32,36,38,41,43,45-76H2,1-4H3,(H,89,90)(H,91,92)/b13-9-,25-21-,37-33-,39-34-,40-35-,44-42-. The Morgan fingerprint density at radius 2 is 0.510 bits per heavy atom. The van der Waals surface area contributed by atoms with E-state index in [1.165, 1.54) is 141 Å². The van der Waals surface area contributed by atoms with E-state index >= 15 is 0 Å². The predicted octanol–water partition coefficient (Wildman–Crippen LogP) is 24.0. The second-order valence-corrected chi connectivity index (χ2v) is 30.6. The summed E-state index contributed by atoms with van der Waals surface area (Å²) in [4.78, 5) is 73.1. The molecule has 0 rings (SSSR count). The Morgan fingerprint density at radius 3 is 0.794 bits per heavy atom. The van der Waals surface area contributed by atoms with Gasteiger partial charge in [0.05, 0.1) is 26.4 Å². The maximum atomic E-state index is 13.1. The number of rotatable bonds is 78. The van der Waals surface area contributed by atoms with Crippen molar-refractivity contribution in [3.05, 3.63) is 72.9 Å². The van der Waals surface area contributed by atoms with Crippen molar-refractivity contribution in [2.75, 3.05) is 39.6 Å². The van der Waals surface area contributed by atoms with Crippen LogP contribution in [0.3, 0.4) is 0 Å². The highest BCUT2D eigenvalue weighted by atomic mass is 31.2. The topological polar surface area (TPSA) is 237 Å². The molecule has 19 heteroatoms. The summed E-state index contributed by atoms with van der Waals surface area (Å²) in [7, 11) is -9.95. The van der Waals surface area contributed by atoms with Crippen molar-refractivity contribution in [1.29, 1.82) is 0 Å². The third kappa shape index (κ3) is 74.8.